The Kier molecular flexibility index (Phi) is 7.96. The number of nitrogens with zero attached hydrogens (tertiary/aromatic N) is 1. The van der Waals surface area contributed by atoms with E-state index in [1.807, 2.05) is 39.5 Å². The SMILES string of the molecule is CC(=O)N1CCC(NCC(ONC(=O)OC(C)(C)C)C(C)C)CC1. The summed E-state index contributed by atoms with van der Waals surface area (Å²) in [6.45, 7) is 13.3. The Bertz CT molecular complexity index is 413. The summed E-state index contributed by atoms with van der Waals surface area (Å²) in [6, 6.07) is 0.368. The molecule has 0 aliphatic carbocycles. The van der Waals surface area contributed by atoms with Gasteiger partial charge in [-0.05, 0) is 39.5 Å². The van der Waals surface area contributed by atoms with E-state index in [-0.39, 0.29) is 17.9 Å². The molecule has 0 aromatic heterocycles. The third-order valence-corrected chi connectivity index (χ3v) is 3.98. The zero-order valence-corrected chi connectivity index (χ0v) is 15.8. The van der Waals surface area contributed by atoms with Gasteiger partial charge in [-0.3, -0.25) is 9.63 Å². The number of hydrogen-bond acceptors (Lipinski definition) is 5. The van der Waals surface area contributed by atoms with E-state index in [1.165, 1.54) is 0 Å². The van der Waals surface area contributed by atoms with Gasteiger partial charge in [0.2, 0.25) is 5.91 Å². The number of ether oxygens (including phenoxy) is 1. The summed E-state index contributed by atoms with van der Waals surface area (Å²) >= 11 is 0. The van der Waals surface area contributed by atoms with Gasteiger partial charge < -0.3 is 15.0 Å². The lowest BCUT2D eigenvalue weighted by molar-refractivity contribution is -0.129. The predicted molar refractivity (Wildman–Crippen MR) is 92.4 cm³/mol. The van der Waals surface area contributed by atoms with Crippen LogP contribution in [0.4, 0.5) is 4.79 Å². The largest absolute Gasteiger partial charge is 0.442 e. The van der Waals surface area contributed by atoms with E-state index in [4.69, 9.17) is 9.57 Å². The molecule has 2 N–H and O–H groups in total. The Labute approximate surface area is 145 Å². The van der Waals surface area contributed by atoms with Crippen molar-refractivity contribution in [3.05, 3.63) is 0 Å². The highest BCUT2D eigenvalue weighted by atomic mass is 16.7. The van der Waals surface area contributed by atoms with Crippen molar-refractivity contribution in [1.82, 2.24) is 15.7 Å². The summed E-state index contributed by atoms with van der Waals surface area (Å²) in [5, 5.41) is 3.48. The Morgan fingerprint density at radius 1 is 1.21 bits per heavy atom. The molecule has 0 radical (unpaired) electrons. The quantitative estimate of drug-likeness (QED) is 0.722. The van der Waals surface area contributed by atoms with Gasteiger partial charge in [-0.1, -0.05) is 13.8 Å². The number of carbonyl (C=O) groups is 2. The maximum atomic E-state index is 11.7. The minimum Gasteiger partial charge on any atom is -0.442 e. The molecule has 0 aromatic carbocycles. The maximum Gasteiger partial charge on any atom is 0.431 e. The van der Waals surface area contributed by atoms with Gasteiger partial charge >= 0.3 is 6.09 Å². The van der Waals surface area contributed by atoms with Crippen LogP contribution in [-0.2, 0) is 14.4 Å². The fraction of sp³-hybridized carbons (Fsp3) is 0.882. The molecular formula is C17H33N3O4. The Hall–Kier alpha value is -1.34. The lowest BCUT2D eigenvalue weighted by Crippen LogP contribution is -2.48. The molecule has 1 aliphatic heterocycles. The minimum atomic E-state index is -0.581. The van der Waals surface area contributed by atoms with Gasteiger partial charge in [0.25, 0.3) is 0 Å². The summed E-state index contributed by atoms with van der Waals surface area (Å²) in [5.41, 5.74) is 1.82. The Morgan fingerprint density at radius 2 is 1.79 bits per heavy atom. The molecule has 140 valence electrons. The fourth-order valence-corrected chi connectivity index (χ4v) is 2.52. The number of hydroxylamine groups is 1. The van der Waals surface area contributed by atoms with Crippen LogP contribution in [0.3, 0.4) is 0 Å². The van der Waals surface area contributed by atoms with E-state index in [0.29, 0.717) is 12.6 Å². The Balaban J connectivity index is 2.34. The molecule has 0 aromatic rings. The molecule has 0 spiro atoms. The molecule has 2 amide bonds. The smallest absolute Gasteiger partial charge is 0.431 e. The van der Waals surface area contributed by atoms with Crippen LogP contribution in [0.5, 0.6) is 0 Å². The topological polar surface area (TPSA) is 79.9 Å². The van der Waals surface area contributed by atoms with Crippen molar-refractivity contribution in [3.63, 3.8) is 0 Å². The first-order valence-corrected chi connectivity index (χ1v) is 8.72. The number of nitrogens with one attached hydrogen (secondary N) is 2. The van der Waals surface area contributed by atoms with Gasteiger partial charge in [-0.2, -0.15) is 5.48 Å². The van der Waals surface area contributed by atoms with E-state index < -0.39 is 11.7 Å². The fourth-order valence-electron chi connectivity index (χ4n) is 2.52. The standard InChI is InChI=1S/C17H33N3O4/c1-12(2)15(24-19-16(22)23-17(4,5)6)11-18-14-7-9-20(10-8-14)13(3)21/h12,14-15,18H,7-11H2,1-6H3,(H,19,22). The van der Waals surface area contributed by atoms with Crippen molar-refractivity contribution in [1.29, 1.82) is 0 Å². The van der Waals surface area contributed by atoms with Crippen molar-refractivity contribution in [2.24, 2.45) is 5.92 Å². The summed E-state index contributed by atoms with van der Waals surface area (Å²) < 4.78 is 5.16. The van der Waals surface area contributed by atoms with Gasteiger partial charge in [-0.25, -0.2) is 4.79 Å². The predicted octanol–water partition coefficient (Wildman–Crippen LogP) is 2.07. The molecule has 7 nitrogen and oxygen atoms in total. The first-order valence-electron chi connectivity index (χ1n) is 8.72. The van der Waals surface area contributed by atoms with Gasteiger partial charge in [0, 0.05) is 32.6 Å². The first-order chi connectivity index (χ1) is 11.1. The summed E-state index contributed by atoms with van der Waals surface area (Å²) in [5.74, 6) is 0.378. The van der Waals surface area contributed by atoms with Crippen LogP contribution in [0.1, 0.15) is 54.4 Å². The second-order valence-corrected chi connectivity index (χ2v) is 7.69. The molecule has 7 heteroatoms. The van der Waals surface area contributed by atoms with Gasteiger partial charge in [0.1, 0.15) is 11.7 Å². The average Bonchev–Trinajstić information content (AvgIpc) is 2.45. The third-order valence-electron chi connectivity index (χ3n) is 3.98. The zero-order valence-electron chi connectivity index (χ0n) is 15.8. The Morgan fingerprint density at radius 3 is 2.25 bits per heavy atom. The van der Waals surface area contributed by atoms with Gasteiger partial charge in [0.05, 0.1) is 0 Å². The van der Waals surface area contributed by atoms with E-state index in [0.717, 1.165) is 25.9 Å². The summed E-state index contributed by atoms with van der Waals surface area (Å²) in [6.07, 6.45) is 1.14. The number of rotatable bonds is 6. The number of carbonyl (C=O) groups excluding carboxylic acids is 2. The molecule has 1 fully saturated rings. The van der Waals surface area contributed by atoms with Crippen LogP contribution >= 0.6 is 0 Å². The van der Waals surface area contributed by atoms with E-state index in [9.17, 15) is 9.59 Å². The molecule has 0 saturated carbocycles. The second-order valence-electron chi connectivity index (χ2n) is 7.69. The second kappa shape index (κ2) is 9.22. The normalized spacial score (nSPS) is 17.7. The third kappa shape index (κ3) is 7.97. The zero-order chi connectivity index (χ0) is 18.3. The minimum absolute atomic E-state index is 0.137. The lowest BCUT2D eigenvalue weighted by atomic mass is 10.0. The van der Waals surface area contributed by atoms with Crippen LogP contribution in [0.2, 0.25) is 0 Å². The van der Waals surface area contributed by atoms with Crippen LogP contribution in [0.15, 0.2) is 0 Å². The molecule has 1 atom stereocenters. The molecule has 1 saturated heterocycles. The van der Waals surface area contributed by atoms with Crippen LogP contribution in [-0.4, -0.2) is 54.3 Å². The highest BCUT2D eigenvalue weighted by Gasteiger charge is 2.23. The van der Waals surface area contributed by atoms with Crippen LogP contribution < -0.4 is 10.8 Å². The first kappa shape index (κ1) is 20.7. The lowest BCUT2D eigenvalue weighted by Gasteiger charge is -2.33. The highest BCUT2D eigenvalue weighted by molar-refractivity contribution is 5.73. The molecule has 1 heterocycles. The summed E-state index contributed by atoms with van der Waals surface area (Å²) in [4.78, 5) is 30.4. The average molecular weight is 343 g/mol. The van der Waals surface area contributed by atoms with Crippen molar-refractivity contribution >= 4 is 12.0 Å². The van der Waals surface area contributed by atoms with Crippen LogP contribution in [0, 0.1) is 5.92 Å². The summed E-state index contributed by atoms with van der Waals surface area (Å²) in [7, 11) is 0. The molecule has 1 unspecified atom stereocenters. The monoisotopic (exact) mass is 343 g/mol. The van der Waals surface area contributed by atoms with Gasteiger partial charge in [0.15, 0.2) is 0 Å². The number of likely N-dealkylation sites (tertiary alicyclic amines) is 1. The molecule has 0 bridgehead atoms. The van der Waals surface area contributed by atoms with Gasteiger partial charge in [-0.15, -0.1) is 0 Å². The van der Waals surface area contributed by atoms with Crippen LogP contribution in [0.25, 0.3) is 0 Å². The number of hydrogen-bond donors (Lipinski definition) is 2. The number of piperidine rings is 1. The van der Waals surface area contributed by atoms with E-state index >= 15 is 0 Å². The van der Waals surface area contributed by atoms with Crippen molar-refractivity contribution < 1.29 is 19.2 Å². The maximum absolute atomic E-state index is 11.7. The van der Waals surface area contributed by atoms with E-state index in [2.05, 4.69) is 10.8 Å². The van der Waals surface area contributed by atoms with Crippen molar-refractivity contribution in [2.75, 3.05) is 19.6 Å². The molecule has 24 heavy (non-hydrogen) atoms. The molecule has 1 aliphatic rings. The van der Waals surface area contributed by atoms with Crippen molar-refractivity contribution in [3.8, 4) is 0 Å². The van der Waals surface area contributed by atoms with E-state index in [1.54, 1.807) is 6.92 Å². The van der Waals surface area contributed by atoms with Crippen molar-refractivity contribution in [2.45, 2.75) is 72.1 Å². The number of amides is 2. The molecule has 1 rings (SSSR count). The highest BCUT2D eigenvalue weighted by Crippen LogP contribution is 2.12. The molecular weight excluding hydrogens is 310 g/mol.